The second-order valence-electron chi connectivity index (χ2n) is 8.42. The molecular formula is C24H21Cl2N3O4. The van der Waals surface area contributed by atoms with Crippen molar-refractivity contribution in [1.82, 2.24) is 15.0 Å². The minimum atomic E-state index is -1.55. The number of aromatic amines is 1. The Bertz CT molecular complexity index is 1250. The molecule has 1 fully saturated rings. The summed E-state index contributed by atoms with van der Waals surface area (Å²) in [5.41, 5.74) is 2.08. The third-order valence-corrected chi connectivity index (χ3v) is 6.64. The van der Waals surface area contributed by atoms with Crippen molar-refractivity contribution in [3.8, 4) is 0 Å². The zero-order chi connectivity index (χ0) is 23.2. The summed E-state index contributed by atoms with van der Waals surface area (Å²) in [7, 11) is 0. The number of carbonyl (C=O) groups excluding carboxylic acids is 1. The Morgan fingerprint density at radius 2 is 1.85 bits per heavy atom. The SMILES string of the molecule is O=C(ON1CCc2nc(C3(c4ccccc4)CC3)[nH]c(=O)c2C1)C(O)c1cc(Cl)cc(Cl)c1. The normalized spacial score (nSPS) is 17.8. The number of hydrogen-bond donors (Lipinski definition) is 2. The smallest absolute Gasteiger partial charge is 0.358 e. The summed E-state index contributed by atoms with van der Waals surface area (Å²) in [5.74, 6) is -0.185. The molecule has 2 heterocycles. The number of aliphatic hydroxyl groups excluding tert-OH is 1. The lowest BCUT2D eigenvalue weighted by Crippen LogP contribution is -2.39. The molecule has 1 saturated carbocycles. The highest BCUT2D eigenvalue weighted by Crippen LogP contribution is 2.51. The summed E-state index contributed by atoms with van der Waals surface area (Å²) in [6.07, 6.45) is 0.771. The van der Waals surface area contributed by atoms with Gasteiger partial charge in [-0.3, -0.25) is 4.79 Å². The number of halogens is 2. The molecule has 2 aromatic carbocycles. The van der Waals surface area contributed by atoms with Crippen molar-refractivity contribution in [2.75, 3.05) is 6.54 Å². The first-order valence-electron chi connectivity index (χ1n) is 10.6. The number of nitrogens with one attached hydrogen (secondary N) is 1. The van der Waals surface area contributed by atoms with Crippen LogP contribution in [0.3, 0.4) is 0 Å². The topological polar surface area (TPSA) is 95.5 Å². The fraction of sp³-hybridized carbons (Fsp3) is 0.292. The first-order valence-corrected chi connectivity index (χ1v) is 11.4. The van der Waals surface area contributed by atoms with Crippen LogP contribution in [0.15, 0.2) is 53.3 Å². The van der Waals surface area contributed by atoms with Gasteiger partial charge in [-0.2, -0.15) is 0 Å². The van der Waals surface area contributed by atoms with Gasteiger partial charge >= 0.3 is 5.97 Å². The van der Waals surface area contributed by atoms with Crippen LogP contribution in [0.25, 0.3) is 0 Å². The van der Waals surface area contributed by atoms with Gasteiger partial charge in [0, 0.05) is 23.0 Å². The van der Waals surface area contributed by atoms with Crippen LogP contribution in [0.5, 0.6) is 0 Å². The van der Waals surface area contributed by atoms with Crippen molar-refractivity contribution in [2.45, 2.75) is 37.3 Å². The number of carbonyl (C=O) groups is 1. The van der Waals surface area contributed by atoms with E-state index in [-0.39, 0.29) is 23.1 Å². The molecule has 0 amide bonds. The highest BCUT2D eigenvalue weighted by atomic mass is 35.5. The summed E-state index contributed by atoms with van der Waals surface area (Å²) in [4.78, 5) is 38.5. The van der Waals surface area contributed by atoms with E-state index in [1.165, 1.54) is 23.3 Å². The Hall–Kier alpha value is -2.71. The van der Waals surface area contributed by atoms with E-state index >= 15 is 0 Å². The number of rotatable bonds is 5. The maximum atomic E-state index is 12.9. The largest absolute Gasteiger partial charge is 0.377 e. The van der Waals surface area contributed by atoms with E-state index in [4.69, 9.17) is 33.0 Å². The van der Waals surface area contributed by atoms with Crippen molar-refractivity contribution in [3.63, 3.8) is 0 Å². The van der Waals surface area contributed by atoms with Crippen LogP contribution in [-0.2, 0) is 28.0 Å². The molecule has 0 radical (unpaired) electrons. The zero-order valence-electron chi connectivity index (χ0n) is 17.6. The maximum Gasteiger partial charge on any atom is 0.358 e. The number of hydroxylamine groups is 2. The van der Waals surface area contributed by atoms with Gasteiger partial charge in [0.1, 0.15) is 5.82 Å². The van der Waals surface area contributed by atoms with Crippen LogP contribution in [0.1, 0.15) is 47.2 Å². The average Bonchev–Trinajstić information content (AvgIpc) is 3.61. The van der Waals surface area contributed by atoms with Crippen molar-refractivity contribution < 1.29 is 14.7 Å². The van der Waals surface area contributed by atoms with Gasteiger partial charge in [-0.15, -0.1) is 5.06 Å². The van der Waals surface area contributed by atoms with Gasteiger partial charge in [0.25, 0.3) is 5.56 Å². The quantitative estimate of drug-likeness (QED) is 0.571. The summed E-state index contributed by atoms with van der Waals surface area (Å²) in [5, 5.41) is 12.3. The maximum absolute atomic E-state index is 12.9. The summed E-state index contributed by atoms with van der Waals surface area (Å²) >= 11 is 11.9. The lowest BCUT2D eigenvalue weighted by atomic mass is 9.94. The molecular weight excluding hydrogens is 465 g/mol. The van der Waals surface area contributed by atoms with E-state index in [0.717, 1.165) is 18.4 Å². The van der Waals surface area contributed by atoms with Gasteiger partial charge in [0.15, 0.2) is 6.10 Å². The van der Waals surface area contributed by atoms with Crippen molar-refractivity contribution in [3.05, 3.63) is 97.1 Å². The number of fused-ring (bicyclic) bond motifs is 1. The van der Waals surface area contributed by atoms with Gasteiger partial charge in [-0.1, -0.05) is 53.5 Å². The highest BCUT2D eigenvalue weighted by Gasteiger charge is 2.48. The van der Waals surface area contributed by atoms with Crippen LogP contribution >= 0.6 is 23.2 Å². The number of hydrogen-bond acceptors (Lipinski definition) is 6. The number of aromatic nitrogens is 2. The molecule has 170 valence electrons. The Labute approximate surface area is 199 Å². The van der Waals surface area contributed by atoms with E-state index < -0.39 is 12.1 Å². The molecule has 9 heteroatoms. The molecule has 3 aromatic rings. The molecule has 33 heavy (non-hydrogen) atoms. The number of aliphatic hydroxyl groups is 1. The summed E-state index contributed by atoms with van der Waals surface area (Å²) in [6.45, 7) is 0.445. The summed E-state index contributed by atoms with van der Waals surface area (Å²) < 4.78 is 0. The molecule has 5 rings (SSSR count). The summed E-state index contributed by atoms with van der Waals surface area (Å²) in [6, 6.07) is 14.5. The first kappa shape index (κ1) is 22.1. The van der Waals surface area contributed by atoms with E-state index in [1.54, 1.807) is 0 Å². The predicted octanol–water partition coefficient (Wildman–Crippen LogP) is 3.71. The molecule has 7 nitrogen and oxygen atoms in total. The Morgan fingerprint density at radius 3 is 2.52 bits per heavy atom. The van der Waals surface area contributed by atoms with E-state index in [9.17, 15) is 14.7 Å². The zero-order valence-corrected chi connectivity index (χ0v) is 19.1. The number of benzene rings is 2. The number of nitrogens with zero attached hydrogens (tertiary/aromatic N) is 2. The lowest BCUT2D eigenvalue weighted by Gasteiger charge is -2.27. The van der Waals surface area contributed by atoms with Crippen molar-refractivity contribution >= 4 is 29.2 Å². The van der Waals surface area contributed by atoms with Gasteiger partial charge in [-0.05, 0) is 42.2 Å². The molecule has 1 aliphatic heterocycles. The molecule has 2 aliphatic rings. The molecule has 1 aromatic heterocycles. The van der Waals surface area contributed by atoms with Gasteiger partial charge in [0.2, 0.25) is 0 Å². The first-order chi connectivity index (χ1) is 15.9. The molecule has 0 bridgehead atoms. The minimum absolute atomic E-state index is 0.0883. The third-order valence-electron chi connectivity index (χ3n) is 6.21. The Morgan fingerprint density at radius 1 is 1.15 bits per heavy atom. The van der Waals surface area contributed by atoms with Gasteiger partial charge in [-0.25, -0.2) is 9.78 Å². The van der Waals surface area contributed by atoms with Crippen LogP contribution in [-0.4, -0.2) is 32.7 Å². The van der Waals surface area contributed by atoms with Crippen LogP contribution in [0, 0.1) is 0 Å². The molecule has 0 spiro atoms. The predicted molar refractivity (Wildman–Crippen MR) is 123 cm³/mol. The average molecular weight is 486 g/mol. The molecule has 2 N–H and O–H groups in total. The van der Waals surface area contributed by atoms with Crippen LogP contribution < -0.4 is 5.56 Å². The molecule has 0 saturated heterocycles. The molecule has 1 atom stereocenters. The Balaban J connectivity index is 1.32. The second kappa shape index (κ2) is 8.57. The van der Waals surface area contributed by atoms with Crippen molar-refractivity contribution in [2.24, 2.45) is 0 Å². The number of H-pyrrole nitrogens is 1. The third kappa shape index (κ3) is 4.29. The van der Waals surface area contributed by atoms with Crippen LogP contribution in [0.4, 0.5) is 0 Å². The van der Waals surface area contributed by atoms with Gasteiger partial charge in [0.05, 0.1) is 23.2 Å². The van der Waals surface area contributed by atoms with E-state index in [0.29, 0.717) is 40.1 Å². The molecule has 1 unspecified atom stereocenters. The Kier molecular flexibility index (Phi) is 5.74. The minimum Gasteiger partial charge on any atom is -0.377 e. The monoisotopic (exact) mass is 485 g/mol. The lowest BCUT2D eigenvalue weighted by molar-refractivity contribution is -0.205. The van der Waals surface area contributed by atoms with Crippen LogP contribution in [0.2, 0.25) is 10.0 Å². The van der Waals surface area contributed by atoms with Crippen molar-refractivity contribution in [1.29, 1.82) is 0 Å². The fourth-order valence-electron chi connectivity index (χ4n) is 4.30. The highest BCUT2D eigenvalue weighted by molar-refractivity contribution is 6.34. The fourth-order valence-corrected chi connectivity index (χ4v) is 4.84. The second-order valence-corrected chi connectivity index (χ2v) is 9.29. The molecule has 1 aliphatic carbocycles. The standard InChI is InChI=1S/C24H21Cl2N3O4/c25-16-10-14(11-17(26)12-16)20(30)22(32)33-29-9-6-19-18(13-29)21(31)28-23(27-19)24(7-8-24)15-4-2-1-3-5-15/h1-5,10-12,20,30H,6-9,13H2,(H,27,28,31). The van der Waals surface area contributed by atoms with E-state index in [2.05, 4.69) is 17.1 Å². The van der Waals surface area contributed by atoms with Gasteiger partial charge < -0.3 is 14.9 Å². The van der Waals surface area contributed by atoms with E-state index in [1.807, 2.05) is 18.2 Å².